The third kappa shape index (κ3) is 5.96. The van der Waals surface area contributed by atoms with Crippen LogP contribution in [0.15, 0.2) is 24.3 Å². The Hall–Kier alpha value is -1.08. The summed E-state index contributed by atoms with van der Waals surface area (Å²) in [6, 6.07) is 8.14. The molecule has 0 radical (unpaired) electrons. The van der Waals surface area contributed by atoms with Crippen LogP contribution >= 0.6 is 11.6 Å². The summed E-state index contributed by atoms with van der Waals surface area (Å²) < 4.78 is 0. The van der Waals surface area contributed by atoms with E-state index >= 15 is 0 Å². The van der Waals surface area contributed by atoms with Crippen molar-refractivity contribution in [3.8, 4) is 0 Å². The lowest BCUT2D eigenvalue weighted by atomic mass is 9.69. The molecule has 1 saturated heterocycles. The van der Waals surface area contributed by atoms with Gasteiger partial charge < -0.3 is 20.1 Å². The minimum Gasteiger partial charge on any atom is -0.481 e. The van der Waals surface area contributed by atoms with Crippen LogP contribution in [0.3, 0.4) is 0 Å². The van der Waals surface area contributed by atoms with E-state index in [0.29, 0.717) is 25.1 Å². The second-order valence-electron chi connectivity index (χ2n) is 8.57. The summed E-state index contributed by atoms with van der Waals surface area (Å²) in [5, 5.41) is 28.6. The molecule has 0 amide bonds. The number of halogens is 1. The first kappa shape index (κ1) is 21.6. The van der Waals surface area contributed by atoms with Crippen LogP contribution in [0.2, 0.25) is 11.3 Å². The average molecular weight is 408 g/mol. The molecule has 1 saturated carbocycles. The van der Waals surface area contributed by atoms with Gasteiger partial charge in [-0.1, -0.05) is 36.6 Å². The van der Waals surface area contributed by atoms with Gasteiger partial charge in [-0.05, 0) is 80.5 Å². The zero-order chi connectivity index (χ0) is 20.1. The zero-order valence-electron chi connectivity index (χ0n) is 16.3. The molecule has 5 nitrogen and oxygen atoms in total. The van der Waals surface area contributed by atoms with Crippen molar-refractivity contribution in [1.29, 1.82) is 0 Å². The Morgan fingerprint density at radius 3 is 2.39 bits per heavy atom. The Morgan fingerprint density at radius 2 is 1.79 bits per heavy atom. The predicted molar refractivity (Wildman–Crippen MR) is 111 cm³/mol. The van der Waals surface area contributed by atoms with Crippen LogP contribution in [-0.4, -0.2) is 52.8 Å². The Labute approximate surface area is 172 Å². The number of hydrogen-bond acceptors (Lipinski definition) is 4. The number of likely N-dealkylation sites (tertiary alicyclic amines) is 1. The minimum atomic E-state index is -1.29. The molecule has 1 heterocycles. The van der Waals surface area contributed by atoms with Crippen LogP contribution < -0.4 is 0 Å². The van der Waals surface area contributed by atoms with Gasteiger partial charge in [-0.3, -0.25) is 4.79 Å². The molecule has 7 heteroatoms. The lowest BCUT2D eigenvalue weighted by Gasteiger charge is -2.39. The van der Waals surface area contributed by atoms with Crippen molar-refractivity contribution in [2.75, 3.05) is 19.6 Å². The van der Waals surface area contributed by atoms with Gasteiger partial charge in [0.1, 0.15) is 0 Å². The first-order valence-electron chi connectivity index (χ1n) is 10.5. The predicted octanol–water partition coefficient (Wildman–Crippen LogP) is 3.50. The molecule has 2 fully saturated rings. The van der Waals surface area contributed by atoms with Gasteiger partial charge >= 0.3 is 13.1 Å². The topological polar surface area (TPSA) is 81.0 Å². The molecular formula is C21H31BClNO4. The van der Waals surface area contributed by atoms with Gasteiger partial charge in [0.25, 0.3) is 0 Å². The molecule has 1 unspecified atom stereocenters. The van der Waals surface area contributed by atoms with E-state index in [1.165, 1.54) is 5.56 Å². The van der Waals surface area contributed by atoms with Gasteiger partial charge in [-0.15, -0.1) is 0 Å². The van der Waals surface area contributed by atoms with Gasteiger partial charge in [0.05, 0.1) is 5.92 Å². The van der Waals surface area contributed by atoms with Gasteiger partial charge in [-0.2, -0.15) is 0 Å². The van der Waals surface area contributed by atoms with Gasteiger partial charge in [0, 0.05) is 11.6 Å². The first-order valence-corrected chi connectivity index (χ1v) is 10.9. The Bertz CT molecular complexity index is 634. The van der Waals surface area contributed by atoms with Crippen LogP contribution in [0.5, 0.6) is 0 Å². The number of carboxylic acid groups (broad SMARTS) is 1. The van der Waals surface area contributed by atoms with Crippen LogP contribution in [-0.2, 0) is 4.79 Å². The lowest BCUT2D eigenvalue weighted by Crippen LogP contribution is -2.42. The fourth-order valence-electron chi connectivity index (χ4n) is 5.00. The summed E-state index contributed by atoms with van der Waals surface area (Å²) in [5.41, 5.74) is 1.35. The highest BCUT2D eigenvalue weighted by Gasteiger charge is 2.36. The van der Waals surface area contributed by atoms with Crippen molar-refractivity contribution >= 4 is 24.7 Å². The number of aliphatic carboxylic acids is 1. The van der Waals surface area contributed by atoms with Crippen molar-refractivity contribution in [3.05, 3.63) is 34.9 Å². The van der Waals surface area contributed by atoms with E-state index in [2.05, 4.69) is 17.0 Å². The molecule has 0 aromatic heterocycles. The van der Waals surface area contributed by atoms with Gasteiger partial charge in [-0.25, -0.2) is 0 Å². The maximum atomic E-state index is 11.8. The minimum absolute atomic E-state index is 0.194. The van der Waals surface area contributed by atoms with Crippen LogP contribution in [0, 0.1) is 17.8 Å². The number of nitrogens with zero attached hydrogens (tertiary/aromatic N) is 1. The van der Waals surface area contributed by atoms with Crippen LogP contribution in [0.1, 0.15) is 50.0 Å². The Balaban J connectivity index is 1.49. The van der Waals surface area contributed by atoms with E-state index in [9.17, 15) is 9.90 Å². The Kier molecular flexibility index (Phi) is 7.81. The van der Waals surface area contributed by atoms with Gasteiger partial charge in [0.15, 0.2) is 0 Å². The van der Waals surface area contributed by atoms with E-state index in [1.807, 2.05) is 12.1 Å². The molecule has 154 valence electrons. The maximum Gasteiger partial charge on any atom is 0.451 e. The van der Waals surface area contributed by atoms with Crippen molar-refractivity contribution in [2.45, 2.75) is 50.8 Å². The number of piperidine rings is 1. The first-order chi connectivity index (χ1) is 13.4. The second kappa shape index (κ2) is 10.1. The summed E-state index contributed by atoms with van der Waals surface area (Å²) in [7, 11) is -1.29. The third-order valence-corrected chi connectivity index (χ3v) is 6.93. The molecule has 0 bridgehead atoms. The molecule has 3 N–H and O–H groups in total. The SMILES string of the molecule is O=C(O)[C@H]1C[C@H](CCB(O)O)CCC1CN1CCC(c2ccc(Cl)cc2)CC1. The third-order valence-electron chi connectivity index (χ3n) is 6.67. The van der Waals surface area contributed by atoms with E-state index in [1.54, 1.807) is 0 Å². The molecule has 1 aliphatic carbocycles. The molecule has 1 aliphatic heterocycles. The summed E-state index contributed by atoms with van der Waals surface area (Å²) in [6.45, 7) is 2.88. The summed E-state index contributed by atoms with van der Waals surface area (Å²) in [6.07, 6.45) is 5.80. The number of hydrogen-bond donors (Lipinski definition) is 3. The number of rotatable bonds is 7. The molecule has 3 rings (SSSR count). The molecule has 3 atom stereocenters. The summed E-state index contributed by atoms with van der Waals surface area (Å²) in [5.74, 6) is 0.0259. The molecule has 0 spiro atoms. The molecule has 2 aliphatic rings. The van der Waals surface area contributed by atoms with Crippen LogP contribution in [0.25, 0.3) is 0 Å². The highest BCUT2D eigenvalue weighted by molar-refractivity contribution is 6.40. The van der Waals surface area contributed by atoms with E-state index < -0.39 is 13.1 Å². The molecule has 28 heavy (non-hydrogen) atoms. The highest BCUT2D eigenvalue weighted by atomic mass is 35.5. The van der Waals surface area contributed by atoms with E-state index in [-0.39, 0.29) is 17.8 Å². The number of carboxylic acids is 1. The average Bonchev–Trinajstić information content (AvgIpc) is 2.68. The summed E-state index contributed by atoms with van der Waals surface area (Å²) >= 11 is 5.99. The standard InChI is InChI=1S/C21H31BClNO4/c23-19-5-3-16(4-6-19)17-8-11-24(12-9-17)14-18-2-1-15(7-10-22(27)28)13-20(18)21(25)26/h3-6,15,17-18,20,27-28H,1-2,7-14H2,(H,25,26)/t15-,18?,20-/m0/s1. The van der Waals surface area contributed by atoms with Crippen molar-refractivity contribution in [3.63, 3.8) is 0 Å². The smallest absolute Gasteiger partial charge is 0.451 e. The largest absolute Gasteiger partial charge is 0.481 e. The lowest BCUT2D eigenvalue weighted by molar-refractivity contribution is -0.146. The zero-order valence-corrected chi connectivity index (χ0v) is 17.1. The molecule has 1 aromatic rings. The fraction of sp³-hybridized carbons (Fsp3) is 0.667. The normalized spacial score (nSPS) is 26.9. The maximum absolute atomic E-state index is 11.8. The second-order valence-corrected chi connectivity index (χ2v) is 9.00. The van der Waals surface area contributed by atoms with Crippen molar-refractivity contribution in [2.24, 2.45) is 17.8 Å². The molecular weight excluding hydrogens is 376 g/mol. The summed E-state index contributed by atoms with van der Waals surface area (Å²) in [4.78, 5) is 14.3. The monoisotopic (exact) mass is 407 g/mol. The Morgan fingerprint density at radius 1 is 1.11 bits per heavy atom. The quantitative estimate of drug-likeness (QED) is 0.603. The van der Waals surface area contributed by atoms with E-state index in [4.69, 9.17) is 21.6 Å². The van der Waals surface area contributed by atoms with Crippen molar-refractivity contribution in [1.82, 2.24) is 4.90 Å². The number of benzene rings is 1. The fourth-order valence-corrected chi connectivity index (χ4v) is 5.13. The molecule has 1 aromatic carbocycles. The number of carbonyl (C=O) groups is 1. The van der Waals surface area contributed by atoms with Crippen molar-refractivity contribution < 1.29 is 19.9 Å². The van der Waals surface area contributed by atoms with E-state index in [0.717, 1.165) is 50.3 Å². The highest BCUT2D eigenvalue weighted by Crippen LogP contribution is 2.38. The van der Waals surface area contributed by atoms with Gasteiger partial charge in [0.2, 0.25) is 0 Å². The van der Waals surface area contributed by atoms with Crippen LogP contribution in [0.4, 0.5) is 0 Å².